The van der Waals surface area contributed by atoms with E-state index in [1.807, 2.05) is 46.0 Å². The third-order valence-corrected chi connectivity index (χ3v) is 5.09. The minimum Gasteiger partial charge on any atom is -0.402 e. The van der Waals surface area contributed by atoms with E-state index in [-0.39, 0.29) is 17.1 Å². The zero-order valence-corrected chi connectivity index (χ0v) is 14.3. The van der Waals surface area contributed by atoms with E-state index < -0.39 is 7.12 Å². The lowest BCUT2D eigenvalue weighted by atomic mass is 9.75. The molecule has 0 aliphatic carbocycles. The highest BCUT2D eigenvalue weighted by Gasteiger charge is 2.53. The monoisotopic (exact) mass is 350 g/mol. The number of H-pyrrole nitrogens is 1. The van der Waals surface area contributed by atoms with Crippen LogP contribution in [-0.2, 0) is 9.31 Å². The molecule has 1 atom stereocenters. The molecule has 6 heteroatoms. The van der Waals surface area contributed by atoms with Crippen LogP contribution in [0.15, 0.2) is 28.9 Å². The molecule has 0 saturated carbocycles. The van der Waals surface area contributed by atoms with Gasteiger partial charge in [-0.25, -0.2) is 0 Å². The summed E-state index contributed by atoms with van der Waals surface area (Å²) in [5, 5.41) is 1.09. The number of nitrogens with one attached hydrogen (secondary N) is 1. The molecule has 1 aliphatic heterocycles. The van der Waals surface area contributed by atoms with Crippen molar-refractivity contribution in [1.82, 2.24) is 4.98 Å². The maximum Gasteiger partial charge on any atom is 0.480 e. The van der Waals surface area contributed by atoms with Gasteiger partial charge in [-0.05, 0) is 51.5 Å². The highest BCUT2D eigenvalue weighted by Crippen LogP contribution is 2.40. The van der Waals surface area contributed by atoms with Crippen LogP contribution in [0.5, 0.6) is 0 Å². The Morgan fingerprint density at radius 3 is 2.43 bits per heavy atom. The van der Waals surface area contributed by atoms with Crippen LogP contribution in [0.25, 0.3) is 10.9 Å². The number of fused-ring (bicyclic) bond motifs is 1. The van der Waals surface area contributed by atoms with Crippen LogP contribution in [0.2, 0.25) is 0 Å². The average Bonchev–Trinajstić information content (AvgIpc) is 2.87. The minimum atomic E-state index is -0.451. The molecule has 0 bridgehead atoms. The van der Waals surface area contributed by atoms with Crippen molar-refractivity contribution in [2.45, 2.75) is 44.8 Å². The van der Waals surface area contributed by atoms with E-state index >= 15 is 0 Å². The first-order chi connectivity index (χ1) is 9.71. The topological polar surface area (TPSA) is 60.3 Å². The number of aromatic nitrogens is 1. The minimum absolute atomic E-state index is 0.339. The molecule has 112 valence electrons. The van der Waals surface area contributed by atoms with Crippen LogP contribution >= 0.6 is 15.9 Å². The Balaban J connectivity index is 1.95. The number of nitrogens with two attached hydrogens (primary N) is 1. The van der Waals surface area contributed by atoms with Gasteiger partial charge in [0.15, 0.2) is 0 Å². The summed E-state index contributed by atoms with van der Waals surface area (Å²) in [4.78, 5) is 3.25. The largest absolute Gasteiger partial charge is 0.480 e. The lowest BCUT2D eigenvalue weighted by Crippen LogP contribution is -2.41. The van der Waals surface area contributed by atoms with Crippen molar-refractivity contribution in [3.8, 4) is 0 Å². The third kappa shape index (κ3) is 2.44. The summed E-state index contributed by atoms with van der Waals surface area (Å²) in [6.07, 6.45) is 1.94. The normalized spacial score (nSPS) is 21.9. The van der Waals surface area contributed by atoms with Gasteiger partial charge in [-0.15, -0.1) is 0 Å². The standard InChI is InChI=1S/C15H20BBrN2O2/c1-14(2)15(3,4)21-16(20-14)13(18)11-8-19-12-6-5-9(17)7-10(11)12/h5-8,13,19H,18H2,1-4H3/t13-/m1/s1. The summed E-state index contributed by atoms with van der Waals surface area (Å²) in [7, 11) is -0.451. The zero-order chi connectivity index (χ0) is 15.4. The van der Waals surface area contributed by atoms with Crippen molar-refractivity contribution in [2.75, 3.05) is 0 Å². The van der Waals surface area contributed by atoms with E-state index in [1.165, 1.54) is 0 Å². The van der Waals surface area contributed by atoms with Gasteiger partial charge in [-0.1, -0.05) is 15.9 Å². The predicted octanol–water partition coefficient (Wildman–Crippen LogP) is 3.56. The molecular weight excluding hydrogens is 331 g/mol. The number of aromatic amines is 1. The van der Waals surface area contributed by atoms with Gasteiger partial charge in [-0.3, -0.25) is 0 Å². The van der Waals surface area contributed by atoms with Gasteiger partial charge in [0, 0.05) is 21.6 Å². The zero-order valence-electron chi connectivity index (χ0n) is 12.7. The van der Waals surface area contributed by atoms with Crippen molar-refractivity contribution in [1.29, 1.82) is 0 Å². The molecule has 0 spiro atoms. The van der Waals surface area contributed by atoms with Crippen molar-refractivity contribution in [3.63, 3.8) is 0 Å². The Labute approximate surface area is 133 Å². The summed E-state index contributed by atoms with van der Waals surface area (Å²) in [5.41, 5.74) is 7.73. The number of halogens is 1. The van der Waals surface area contributed by atoms with Crippen molar-refractivity contribution >= 4 is 34.0 Å². The van der Waals surface area contributed by atoms with Crippen molar-refractivity contribution in [2.24, 2.45) is 5.73 Å². The van der Waals surface area contributed by atoms with Gasteiger partial charge in [-0.2, -0.15) is 0 Å². The lowest BCUT2D eigenvalue weighted by Gasteiger charge is -2.32. The van der Waals surface area contributed by atoms with Gasteiger partial charge in [0.2, 0.25) is 0 Å². The quantitative estimate of drug-likeness (QED) is 0.814. The summed E-state index contributed by atoms with van der Waals surface area (Å²) in [6.45, 7) is 8.13. The SMILES string of the molecule is CC1(C)OB([C@H](N)c2c[nH]c3ccc(Br)cc23)OC1(C)C. The fourth-order valence-corrected chi connectivity index (χ4v) is 2.93. The fraction of sp³-hybridized carbons (Fsp3) is 0.467. The molecule has 0 unspecified atom stereocenters. The molecule has 1 saturated heterocycles. The Morgan fingerprint density at radius 1 is 1.19 bits per heavy atom. The van der Waals surface area contributed by atoms with Crippen molar-refractivity contribution in [3.05, 3.63) is 34.4 Å². The highest BCUT2D eigenvalue weighted by atomic mass is 79.9. The van der Waals surface area contributed by atoms with Gasteiger partial charge in [0.05, 0.1) is 17.1 Å². The second kappa shape index (κ2) is 4.85. The third-order valence-electron chi connectivity index (χ3n) is 4.60. The Morgan fingerprint density at radius 2 is 1.81 bits per heavy atom. The summed E-state index contributed by atoms with van der Waals surface area (Å²) in [6, 6.07) is 6.09. The van der Waals surface area contributed by atoms with E-state index in [0.29, 0.717) is 0 Å². The second-order valence-electron chi connectivity index (χ2n) is 6.58. The Hall–Kier alpha value is -0.815. The molecule has 1 aromatic carbocycles. The molecule has 1 aliphatic rings. The van der Waals surface area contributed by atoms with Gasteiger partial charge in [0.25, 0.3) is 0 Å². The molecular formula is C15H20BBrN2O2. The smallest absolute Gasteiger partial charge is 0.402 e. The number of rotatable bonds is 2. The maximum absolute atomic E-state index is 6.42. The second-order valence-corrected chi connectivity index (χ2v) is 7.50. The molecule has 21 heavy (non-hydrogen) atoms. The Bertz CT molecular complexity index is 667. The van der Waals surface area contributed by atoms with Gasteiger partial charge >= 0.3 is 7.12 Å². The van der Waals surface area contributed by atoms with E-state index in [4.69, 9.17) is 15.0 Å². The van der Waals surface area contributed by atoms with Crippen LogP contribution in [0.3, 0.4) is 0 Å². The van der Waals surface area contributed by atoms with E-state index in [1.54, 1.807) is 0 Å². The molecule has 4 nitrogen and oxygen atoms in total. The maximum atomic E-state index is 6.42. The summed E-state index contributed by atoms with van der Waals surface area (Å²) >= 11 is 3.50. The fourth-order valence-electron chi connectivity index (χ4n) is 2.57. The first kappa shape index (κ1) is 15.1. The van der Waals surface area contributed by atoms with E-state index in [0.717, 1.165) is 20.9 Å². The average molecular weight is 351 g/mol. The van der Waals surface area contributed by atoms with Crippen LogP contribution in [-0.4, -0.2) is 23.3 Å². The van der Waals surface area contributed by atoms with Crippen LogP contribution < -0.4 is 5.73 Å². The summed E-state index contributed by atoms with van der Waals surface area (Å²) in [5.74, 6) is -0.339. The van der Waals surface area contributed by atoms with E-state index in [2.05, 4.69) is 27.0 Å². The number of benzene rings is 1. The Kier molecular flexibility index (Phi) is 3.48. The summed E-state index contributed by atoms with van der Waals surface area (Å²) < 4.78 is 13.1. The van der Waals surface area contributed by atoms with E-state index in [9.17, 15) is 0 Å². The van der Waals surface area contributed by atoms with Crippen LogP contribution in [0.1, 0.15) is 39.2 Å². The number of hydrogen-bond acceptors (Lipinski definition) is 3. The molecule has 3 N–H and O–H groups in total. The first-order valence-electron chi connectivity index (χ1n) is 7.09. The lowest BCUT2D eigenvalue weighted by molar-refractivity contribution is 0.00578. The molecule has 0 radical (unpaired) electrons. The molecule has 1 fully saturated rings. The highest BCUT2D eigenvalue weighted by molar-refractivity contribution is 9.10. The first-order valence-corrected chi connectivity index (χ1v) is 7.88. The predicted molar refractivity (Wildman–Crippen MR) is 89.0 cm³/mol. The van der Waals surface area contributed by atoms with Gasteiger partial charge in [0.1, 0.15) is 0 Å². The van der Waals surface area contributed by atoms with Crippen LogP contribution in [0, 0.1) is 0 Å². The van der Waals surface area contributed by atoms with Crippen molar-refractivity contribution < 1.29 is 9.31 Å². The molecule has 2 heterocycles. The molecule has 2 aromatic rings. The van der Waals surface area contributed by atoms with Gasteiger partial charge < -0.3 is 20.0 Å². The molecule has 1 aromatic heterocycles. The number of hydrogen-bond donors (Lipinski definition) is 2. The molecule has 0 amide bonds. The van der Waals surface area contributed by atoms with Crippen LogP contribution in [0.4, 0.5) is 0 Å². The molecule has 3 rings (SSSR count).